The minimum atomic E-state index is 0.572. The maximum Gasteiger partial charge on any atom is 0.117 e. The van der Waals surface area contributed by atoms with Crippen LogP contribution in [0.15, 0.2) is 54.6 Å². The summed E-state index contributed by atoms with van der Waals surface area (Å²) in [5.41, 5.74) is 2.49. The van der Waals surface area contributed by atoms with Gasteiger partial charge in [-0.05, 0) is 41.6 Å². The second-order valence-corrected chi connectivity index (χ2v) is 5.83. The molecule has 1 unspecified atom stereocenters. The fourth-order valence-electron chi connectivity index (χ4n) is 2.37. The molecule has 102 valence electrons. The summed E-state index contributed by atoms with van der Waals surface area (Å²) in [6, 6.07) is 19.0. The van der Waals surface area contributed by atoms with E-state index in [1.54, 1.807) is 11.5 Å². The Kier molecular flexibility index (Phi) is 3.97. The van der Waals surface area contributed by atoms with Gasteiger partial charge in [-0.25, -0.2) is 0 Å². The van der Waals surface area contributed by atoms with Gasteiger partial charge in [0.05, 0.1) is 5.52 Å². The lowest BCUT2D eigenvalue weighted by molar-refractivity contribution is 0.707. The summed E-state index contributed by atoms with van der Waals surface area (Å²) in [4.78, 5) is 0. The quantitative estimate of drug-likeness (QED) is 0.719. The van der Waals surface area contributed by atoms with Crippen molar-refractivity contribution in [2.24, 2.45) is 0 Å². The van der Waals surface area contributed by atoms with E-state index >= 15 is 0 Å². The molecule has 20 heavy (non-hydrogen) atoms. The Bertz CT molecular complexity index is 676. The fraction of sp³-hybridized carbons (Fsp3) is 0.235. The van der Waals surface area contributed by atoms with Crippen molar-refractivity contribution in [3.63, 3.8) is 0 Å². The number of rotatable bonds is 5. The monoisotopic (exact) mass is 282 g/mol. The van der Waals surface area contributed by atoms with Crippen LogP contribution in [0.25, 0.3) is 10.9 Å². The van der Waals surface area contributed by atoms with E-state index in [-0.39, 0.29) is 0 Å². The molecule has 1 atom stereocenters. The SMILES string of the molecule is CC(CCNc1snc2ccccc12)c1ccccc1. The number of benzene rings is 2. The molecule has 0 fully saturated rings. The molecule has 0 radical (unpaired) electrons. The van der Waals surface area contributed by atoms with Gasteiger partial charge in [0, 0.05) is 11.9 Å². The van der Waals surface area contributed by atoms with E-state index in [0.29, 0.717) is 5.92 Å². The molecule has 0 bridgehead atoms. The van der Waals surface area contributed by atoms with Crippen molar-refractivity contribution in [1.82, 2.24) is 4.37 Å². The van der Waals surface area contributed by atoms with Gasteiger partial charge in [0.25, 0.3) is 0 Å². The molecule has 3 aromatic rings. The minimum Gasteiger partial charge on any atom is -0.375 e. The van der Waals surface area contributed by atoms with Crippen LogP contribution in [0.4, 0.5) is 5.00 Å². The zero-order valence-corrected chi connectivity index (χ0v) is 12.4. The predicted octanol–water partition coefficient (Wildman–Crippen LogP) is 4.90. The first-order valence-corrected chi connectivity index (χ1v) is 7.75. The molecular weight excluding hydrogens is 264 g/mol. The minimum absolute atomic E-state index is 0.572. The van der Waals surface area contributed by atoms with E-state index in [1.165, 1.54) is 16.0 Å². The average Bonchev–Trinajstić information content (AvgIpc) is 2.92. The third-order valence-electron chi connectivity index (χ3n) is 3.62. The van der Waals surface area contributed by atoms with Gasteiger partial charge >= 0.3 is 0 Å². The van der Waals surface area contributed by atoms with Gasteiger partial charge in [-0.1, -0.05) is 49.4 Å². The molecule has 0 spiro atoms. The number of nitrogens with zero attached hydrogens (tertiary/aromatic N) is 1. The van der Waals surface area contributed by atoms with Crippen molar-refractivity contribution < 1.29 is 0 Å². The molecule has 3 heteroatoms. The topological polar surface area (TPSA) is 24.9 Å². The van der Waals surface area contributed by atoms with Crippen molar-refractivity contribution in [3.05, 3.63) is 60.2 Å². The molecule has 3 rings (SSSR count). The van der Waals surface area contributed by atoms with Gasteiger partial charge in [0.1, 0.15) is 5.00 Å². The highest BCUT2D eigenvalue weighted by Gasteiger charge is 2.07. The summed E-state index contributed by atoms with van der Waals surface area (Å²) < 4.78 is 4.45. The molecule has 1 N–H and O–H groups in total. The first kappa shape index (κ1) is 13.1. The van der Waals surface area contributed by atoms with E-state index in [2.05, 4.69) is 65.1 Å². The normalized spacial score (nSPS) is 12.4. The smallest absolute Gasteiger partial charge is 0.117 e. The third-order valence-corrected chi connectivity index (χ3v) is 4.45. The highest BCUT2D eigenvalue weighted by molar-refractivity contribution is 7.11. The van der Waals surface area contributed by atoms with E-state index < -0.39 is 0 Å². The summed E-state index contributed by atoms with van der Waals surface area (Å²) in [6.45, 7) is 3.25. The molecule has 1 aromatic heterocycles. The van der Waals surface area contributed by atoms with E-state index in [4.69, 9.17) is 0 Å². The highest BCUT2D eigenvalue weighted by Crippen LogP contribution is 2.27. The van der Waals surface area contributed by atoms with E-state index in [1.807, 2.05) is 6.07 Å². The van der Waals surface area contributed by atoms with Crippen molar-refractivity contribution in [2.45, 2.75) is 19.3 Å². The molecule has 2 aromatic carbocycles. The fourth-order valence-corrected chi connectivity index (χ4v) is 3.15. The third kappa shape index (κ3) is 2.83. The molecule has 2 nitrogen and oxygen atoms in total. The standard InChI is InChI=1S/C17H18N2S/c1-13(14-7-3-2-4-8-14)11-12-18-17-15-9-5-6-10-16(15)19-20-17/h2-10,13,18H,11-12H2,1H3. The van der Waals surface area contributed by atoms with Gasteiger partial charge in [0.15, 0.2) is 0 Å². The Morgan fingerprint density at radius 1 is 1.05 bits per heavy atom. The van der Waals surface area contributed by atoms with Gasteiger partial charge in [-0.2, -0.15) is 4.37 Å². The van der Waals surface area contributed by atoms with Crippen LogP contribution < -0.4 is 5.32 Å². The molecule has 0 aliphatic carbocycles. The lowest BCUT2D eigenvalue weighted by Gasteiger charge is -2.12. The zero-order valence-electron chi connectivity index (χ0n) is 11.5. The summed E-state index contributed by atoms with van der Waals surface area (Å²) >= 11 is 1.55. The number of aromatic nitrogens is 1. The molecule has 0 aliphatic rings. The number of anilines is 1. The van der Waals surface area contributed by atoms with Crippen LogP contribution >= 0.6 is 11.5 Å². The zero-order chi connectivity index (χ0) is 13.8. The molecular formula is C17H18N2S. The Hall–Kier alpha value is -1.87. The second kappa shape index (κ2) is 6.06. The van der Waals surface area contributed by atoms with Crippen LogP contribution in [0.2, 0.25) is 0 Å². The van der Waals surface area contributed by atoms with Crippen LogP contribution in [-0.2, 0) is 0 Å². The predicted molar refractivity (Wildman–Crippen MR) is 87.6 cm³/mol. The van der Waals surface area contributed by atoms with Gasteiger partial charge in [-0.15, -0.1) is 0 Å². The van der Waals surface area contributed by atoms with Crippen LogP contribution in [0.1, 0.15) is 24.8 Å². The molecule has 0 amide bonds. The Morgan fingerprint density at radius 3 is 2.65 bits per heavy atom. The van der Waals surface area contributed by atoms with Crippen LogP contribution in [0, 0.1) is 0 Å². The van der Waals surface area contributed by atoms with Crippen molar-refractivity contribution in [3.8, 4) is 0 Å². The van der Waals surface area contributed by atoms with Crippen LogP contribution in [-0.4, -0.2) is 10.9 Å². The van der Waals surface area contributed by atoms with Gasteiger partial charge in [0.2, 0.25) is 0 Å². The maximum atomic E-state index is 4.45. The summed E-state index contributed by atoms with van der Waals surface area (Å²) in [5, 5.41) is 5.93. The van der Waals surface area contributed by atoms with Crippen molar-refractivity contribution >= 4 is 27.4 Å². The number of hydrogen-bond acceptors (Lipinski definition) is 3. The number of nitrogens with one attached hydrogen (secondary N) is 1. The van der Waals surface area contributed by atoms with Crippen molar-refractivity contribution in [1.29, 1.82) is 0 Å². The maximum absolute atomic E-state index is 4.45. The summed E-state index contributed by atoms with van der Waals surface area (Å²) in [7, 11) is 0. The first-order chi connectivity index (χ1) is 9.84. The molecule has 0 saturated carbocycles. The Morgan fingerprint density at radius 2 is 1.80 bits per heavy atom. The molecule has 0 aliphatic heterocycles. The van der Waals surface area contributed by atoms with E-state index in [9.17, 15) is 0 Å². The molecule has 0 saturated heterocycles. The van der Waals surface area contributed by atoms with Gasteiger partial charge < -0.3 is 5.32 Å². The second-order valence-electron chi connectivity index (χ2n) is 5.06. The summed E-state index contributed by atoms with van der Waals surface area (Å²) in [6.07, 6.45) is 1.12. The van der Waals surface area contributed by atoms with Crippen LogP contribution in [0.3, 0.4) is 0 Å². The largest absolute Gasteiger partial charge is 0.375 e. The van der Waals surface area contributed by atoms with Gasteiger partial charge in [-0.3, -0.25) is 0 Å². The average molecular weight is 282 g/mol. The molecule has 1 heterocycles. The highest BCUT2D eigenvalue weighted by atomic mass is 32.1. The summed E-state index contributed by atoms with van der Waals surface area (Å²) in [5.74, 6) is 0.572. The Balaban J connectivity index is 1.60. The number of fused-ring (bicyclic) bond motifs is 1. The lowest BCUT2D eigenvalue weighted by atomic mass is 9.98. The van der Waals surface area contributed by atoms with Crippen molar-refractivity contribution in [2.75, 3.05) is 11.9 Å². The lowest BCUT2D eigenvalue weighted by Crippen LogP contribution is -2.05. The Labute approximate surface area is 123 Å². The van der Waals surface area contributed by atoms with Crippen LogP contribution in [0.5, 0.6) is 0 Å². The number of hydrogen-bond donors (Lipinski definition) is 1. The van der Waals surface area contributed by atoms with E-state index in [0.717, 1.165) is 18.5 Å². The first-order valence-electron chi connectivity index (χ1n) is 6.98.